The molecule has 0 aliphatic carbocycles. The summed E-state index contributed by atoms with van der Waals surface area (Å²) in [6, 6.07) is 14.9. The van der Waals surface area contributed by atoms with Crippen LogP contribution >= 0.6 is 0 Å². The fourth-order valence-corrected chi connectivity index (χ4v) is 2.10. The maximum Gasteiger partial charge on any atom is 0.204 e. The Morgan fingerprint density at radius 3 is 2.73 bits per heavy atom. The van der Waals surface area contributed by atoms with Gasteiger partial charge in [0.25, 0.3) is 0 Å². The second-order valence-corrected chi connectivity index (χ2v) is 4.74. The zero-order chi connectivity index (χ0) is 15.4. The van der Waals surface area contributed by atoms with Gasteiger partial charge in [-0.2, -0.15) is 4.80 Å². The van der Waals surface area contributed by atoms with Gasteiger partial charge in [0.2, 0.25) is 5.82 Å². The normalized spacial score (nSPS) is 10.6. The van der Waals surface area contributed by atoms with Crippen LogP contribution in [0, 0.1) is 0 Å². The van der Waals surface area contributed by atoms with Crippen molar-refractivity contribution in [2.24, 2.45) is 0 Å². The van der Waals surface area contributed by atoms with Crippen LogP contribution in [0.2, 0.25) is 0 Å². The maximum absolute atomic E-state index is 9.71. The van der Waals surface area contributed by atoms with Gasteiger partial charge in [-0.3, -0.25) is 0 Å². The van der Waals surface area contributed by atoms with E-state index in [1.165, 1.54) is 4.80 Å². The molecule has 1 heterocycles. The van der Waals surface area contributed by atoms with Gasteiger partial charge in [0.1, 0.15) is 0 Å². The summed E-state index contributed by atoms with van der Waals surface area (Å²) in [6.45, 7) is 2.83. The predicted octanol–water partition coefficient (Wildman–Crippen LogP) is 2.49. The fraction of sp³-hybridized carbons (Fsp3) is 0.188. The molecule has 0 saturated heterocycles. The Morgan fingerprint density at radius 1 is 1.14 bits per heavy atom. The lowest BCUT2D eigenvalue weighted by Crippen LogP contribution is -2.04. The molecule has 1 N–H and O–H groups in total. The summed E-state index contributed by atoms with van der Waals surface area (Å²) >= 11 is 0. The average Bonchev–Trinajstić information content (AvgIpc) is 3.00. The van der Waals surface area contributed by atoms with Gasteiger partial charge in [0, 0.05) is 5.56 Å². The van der Waals surface area contributed by atoms with Crippen LogP contribution in [0.15, 0.2) is 48.5 Å². The molecule has 2 aromatic carbocycles. The van der Waals surface area contributed by atoms with Crippen LogP contribution in [0.3, 0.4) is 0 Å². The number of aromatic hydroxyl groups is 1. The summed E-state index contributed by atoms with van der Waals surface area (Å²) in [5.74, 6) is 1.18. The van der Waals surface area contributed by atoms with Gasteiger partial charge in [-0.1, -0.05) is 36.4 Å². The van der Waals surface area contributed by atoms with E-state index in [4.69, 9.17) is 4.74 Å². The molecule has 0 unspecified atom stereocenters. The molecule has 0 fully saturated rings. The number of phenols is 1. The summed E-state index contributed by atoms with van der Waals surface area (Å²) in [5, 5.41) is 22.2. The Kier molecular flexibility index (Phi) is 4.00. The molecule has 3 rings (SSSR count). The van der Waals surface area contributed by atoms with E-state index in [0.717, 1.165) is 11.1 Å². The molecular weight excluding hydrogens is 280 g/mol. The Bertz CT molecular complexity index is 756. The van der Waals surface area contributed by atoms with E-state index in [0.29, 0.717) is 24.7 Å². The molecule has 0 saturated carbocycles. The van der Waals surface area contributed by atoms with E-state index in [9.17, 15) is 5.11 Å². The minimum absolute atomic E-state index is 0.127. The van der Waals surface area contributed by atoms with Gasteiger partial charge < -0.3 is 9.84 Å². The molecule has 0 amide bonds. The van der Waals surface area contributed by atoms with Crippen LogP contribution < -0.4 is 4.74 Å². The number of tetrazole rings is 1. The zero-order valence-electron chi connectivity index (χ0n) is 12.2. The highest BCUT2D eigenvalue weighted by Crippen LogP contribution is 2.27. The number of phenolic OH excluding ortho intramolecular Hbond substituents is 1. The van der Waals surface area contributed by atoms with Gasteiger partial charge in [-0.25, -0.2) is 0 Å². The fourth-order valence-electron chi connectivity index (χ4n) is 2.10. The van der Waals surface area contributed by atoms with Gasteiger partial charge >= 0.3 is 0 Å². The van der Waals surface area contributed by atoms with Crippen molar-refractivity contribution in [2.75, 3.05) is 6.61 Å². The highest BCUT2D eigenvalue weighted by molar-refractivity contribution is 5.53. The summed E-state index contributed by atoms with van der Waals surface area (Å²) in [6.07, 6.45) is 0. The Labute approximate surface area is 128 Å². The maximum atomic E-state index is 9.71. The number of aromatic nitrogens is 4. The van der Waals surface area contributed by atoms with Gasteiger partial charge in [0.05, 0.1) is 13.2 Å². The monoisotopic (exact) mass is 296 g/mol. The summed E-state index contributed by atoms with van der Waals surface area (Å²) < 4.78 is 5.37. The van der Waals surface area contributed by atoms with Crippen molar-refractivity contribution < 1.29 is 9.84 Å². The summed E-state index contributed by atoms with van der Waals surface area (Å²) in [7, 11) is 0. The Hall–Kier alpha value is -2.89. The molecule has 3 aromatic rings. The van der Waals surface area contributed by atoms with Crippen LogP contribution in [0.5, 0.6) is 11.5 Å². The standard InChI is InChI=1S/C16H16N4O2/c1-2-22-15-10-12(8-9-14(15)21)11-20-18-16(17-19-20)13-6-4-3-5-7-13/h3-10,21H,2,11H2,1H3. The number of rotatable bonds is 5. The first-order valence-electron chi connectivity index (χ1n) is 7.04. The van der Waals surface area contributed by atoms with Crippen LogP contribution in [0.1, 0.15) is 12.5 Å². The average molecular weight is 296 g/mol. The molecule has 6 heteroatoms. The molecule has 1 aromatic heterocycles. The lowest BCUT2D eigenvalue weighted by Gasteiger charge is -2.07. The highest BCUT2D eigenvalue weighted by Gasteiger charge is 2.08. The number of benzene rings is 2. The Balaban J connectivity index is 1.79. The molecule has 112 valence electrons. The summed E-state index contributed by atoms with van der Waals surface area (Å²) in [4.78, 5) is 1.52. The molecule has 22 heavy (non-hydrogen) atoms. The van der Waals surface area contributed by atoms with E-state index >= 15 is 0 Å². The first-order valence-corrected chi connectivity index (χ1v) is 7.04. The van der Waals surface area contributed by atoms with Gasteiger partial charge in [-0.05, 0) is 29.8 Å². The molecule has 0 radical (unpaired) electrons. The van der Waals surface area contributed by atoms with E-state index < -0.39 is 0 Å². The van der Waals surface area contributed by atoms with Crippen molar-refractivity contribution in [2.45, 2.75) is 13.5 Å². The largest absolute Gasteiger partial charge is 0.504 e. The third-order valence-corrected chi connectivity index (χ3v) is 3.13. The number of nitrogens with zero attached hydrogens (tertiary/aromatic N) is 4. The van der Waals surface area contributed by atoms with Crippen molar-refractivity contribution in [1.29, 1.82) is 0 Å². The van der Waals surface area contributed by atoms with Gasteiger partial charge in [0.15, 0.2) is 11.5 Å². The van der Waals surface area contributed by atoms with Crippen molar-refractivity contribution in [1.82, 2.24) is 20.2 Å². The quantitative estimate of drug-likeness (QED) is 0.783. The first kappa shape index (κ1) is 14.1. The zero-order valence-corrected chi connectivity index (χ0v) is 12.2. The van der Waals surface area contributed by atoms with E-state index in [-0.39, 0.29) is 5.75 Å². The minimum atomic E-state index is 0.127. The molecule has 0 spiro atoms. The van der Waals surface area contributed by atoms with Crippen LogP contribution in [0.4, 0.5) is 0 Å². The van der Waals surface area contributed by atoms with Gasteiger partial charge in [-0.15, -0.1) is 10.2 Å². The van der Waals surface area contributed by atoms with Crippen molar-refractivity contribution in [3.05, 3.63) is 54.1 Å². The van der Waals surface area contributed by atoms with Crippen molar-refractivity contribution >= 4 is 0 Å². The van der Waals surface area contributed by atoms with Crippen molar-refractivity contribution in [3.8, 4) is 22.9 Å². The third-order valence-electron chi connectivity index (χ3n) is 3.13. The van der Waals surface area contributed by atoms with Crippen LogP contribution in [-0.2, 0) is 6.54 Å². The first-order chi connectivity index (χ1) is 10.8. The second kappa shape index (κ2) is 6.26. The Morgan fingerprint density at radius 2 is 1.95 bits per heavy atom. The molecule has 0 aliphatic heterocycles. The molecule has 0 bridgehead atoms. The van der Waals surface area contributed by atoms with E-state index in [1.54, 1.807) is 12.1 Å². The molecule has 0 atom stereocenters. The highest BCUT2D eigenvalue weighted by atomic mass is 16.5. The smallest absolute Gasteiger partial charge is 0.204 e. The number of ether oxygens (including phenoxy) is 1. The van der Waals surface area contributed by atoms with E-state index in [2.05, 4.69) is 15.4 Å². The minimum Gasteiger partial charge on any atom is -0.504 e. The molecular formula is C16H16N4O2. The SMILES string of the molecule is CCOc1cc(Cn2nnc(-c3ccccc3)n2)ccc1O. The lowest BCUT2D eigenvalue weighted by atomic mass is 10.2. The second-order valence-electron chi connectivity index (χ2n) is 4.74. The topological polar surface area (TPSA) is 73.1 Å². The number of hydrogen-bond donors (Lipinski definition) is 1. The number of hydrogen-bond acceptors (Lipinski definition) is 5. The molecule has 0 aliphatic rings. The third kappa shape index (κ3) is 3.06. The molecule has 6 nitrogen and oxygen atoms in total. The predicted molar refractivity (Wildman–Crippen MR) is 81.6 cm³/mol. The lowest BCUT2D eigenvalue weighted by molar-refractivity contribution is 0.317. The summed E-state index contributed by atoms with van der Waals surface area (Å²) in [5.41, 5.74) is 1.85. The van der Waals surface area contributed by atoms with Crippen LogP contribution in [0.25, 0.3) is 11.4 Å². The van der Waals surface area contributed by atoms with E-state index in [1.807, 2.05) is 43.3 Å². The van der Waals surface area contributed by atoms with Crippen LogP contribution in [-0.4, -0.2) is 31.9 Å². The van der Waals surface area contributed by atoms with Crippen molar-refractivity contribution in [3.63, 3.8) is 0 Å².